The van der Waals surface area contributed by atoms with E-state index in [-0.39, 0.29) is 4.90 Å². The van der Waals surface area contributed by atoms with Crippen molar-refractivity contribution in [2.45, 2.75) is 25.2 Å². The molecule has 0 fully saturated rings. The number of rotatable bonds is 5. The molecule has 0 unspecified atom stereocenters. The summed E-state index contributed by atoms with van der Waals surface area (Å²) in [7, 11) is -3.58. The standard InChI is InChI=1S/C12H15N3O3S/c1-9-12(10(2)18-15-9)19(16,17)14-7-5-11-4-3-6-13-8-11/h3-4,6,8,14H,5,7H2,1-2H3. The van der Waals surface area contributed by atoms with Gasteiger partial charge in [-0.15, -0.1) is 0 Å². The van der Waals surface area contributed by atoms with Gasteiger partial charge in [0.25, 0.3) is 0 Å². The number of nitrogens with one attached hydrogen (secondary N) is 1. The van der Waals surface area contributed by atoms with Crippen molar-refractivity contribution in [1.82, 2.24) is 14.9 Å². The predicted octanol–water partition coefficient (Wildman–Crippen LogP) is 1.21. The molecule has 0 bridgehead atoms. The Hall–Kier alpha value is -1.73. The van der Waals surface area contributed by atoms with E-state index in [9.17, 15) is 8.42 Å². The molecule has 2 heterocycles. The largest absolute Gasteiger partial charge is 0.360 e. The van der Waals surface area contributed by atoms with E-state index in [1.807, 2.05) is 12.1 Å². The van der Waals surface area contributed by atoms with Gasteiger partial charge < -0.3 is 4.52 Å². The van der Waals surface area contributed by atoms with Gasteiger partial charge in [-0.3, -0.25) is 4.98 Å². The van der Waals surface area contributed by atoms with E-state index >= 15 is 0 Å². The molecule has 1 N–H and O–H groups in total. The van der Waals surface area contributed by atoms with Crippen molar-refractivity contribution in [3.8, 4) is 0 Å². The van der Waals surface area contributed by atoms with Crippen molar-refractivity contribution in [2.24, 2.45) is 0 Å². The maximum absolute atomic E-state index is 12.1. The second kappa shape index (κ2) is 5.50. The van der Waals surface area contributed by atoms with Crippen LogP contribution in [0.3, 0.4) is 0 Å². The molecule has 0 aliphatic rings. The first-order valence-corrected chi connectivity index (χ1v) is 7.30. The Balaban J connectivity index is 2.03. The van der Waals surface area contributed by atoms with Gasteiger partial charge in [0.05, 0.1) is 0 Å². The lowest BCUT2D eigenvalue weighted by atomic mass is 10.2. The lowest BCUT2D eigenvalue weighted by Crippen LogP contribution is -2.26. The minimum absolute atomic E-state index is 0.124. The molecule has 2 rings (SSSR count). The Morgan fingerprint density at radius 1 is 1.37 bits per heavy atom. The van der Waals surface area contributed by atoms with E-state index in [0.717, 1.165) is 5.56 Å². The Morgan fingerprint density at radius 3 is 2.74 bits per heavy atom. The molecular weight excluding hydrogens is 266 g/mol. The van der Waals surface area contributed by atoms with Crippen LogP contribution in [0.1, 0.15) is 17.0 Å². The smallest absolute Gasteiger partial charge is 0.245 e. The van der Waals surface area contributed by atoms with E-state index in [1.165, 1.54) is 0 Å². The van der Waals surface area contributed by atoms with Gasteiger partial charge in [0.15, 0.2) is 5.76 Å². The number of aromatic nitrogens is 2. The molecule has 2 aromatic heterocycles. The second-order valence-corrected chi connectivity index (χ2v) is 5.87. The Morgan fingerprint density at radius 2 is 2.16 bits per heavy atom. The zero-order chi connectivity index (χ0) is 13.9. The average molecular weight is 281 g/mol. The van der Waals surface area contributed by atoms with Crippen molar-refractivity contribution in [3.63, 3.8) is 0 Å². The molecule has 0 atom stereocenters. The van der Waals surface area contributed by atoms with Crippen LogP contribution in [0.15, 0.2) is 33.9 Å². The quantitative estimate of drug-likeness (QED) is 0.890. The summed E-state index contributed by atoms with van der Waals surface area (Å²) in [4.78, 5) is 4.10. The molecule has 0 aliphatic carbocycles. The molecule has 0 aliphatic heterocycles. The SMILES string of the molecule is Cc1noc(C)c1S(=O)(=O)NCCc1cccnc1. The highest BCUT2D eigenvalue weighted by molar-refractivity contribution is 7.89. The summed E-state index contributed by atoms with van der Waals surface area (Å²) in [5.74, 6) is 0.298. The summed E-state index contributed by atoms with van der Waals surface area (Å²) in [6, 6.07) is 3.72. The molecule has 0 aromatic carbocycles. The minimum Gasteiger partial charge on any atom is -0.360 e. The topological polar surface area (TPSA) is 85.1 Å². The second-order valence-electron chi connectivity index (χ2n) is 4.16. The molecule has 102 valence electrons. The third-order valence-electron chi connectivity index (χ3n) is 2.67. The Kier molecular flexibility index (Phi) is 3.96. The highest BCUT2D eigenvalue weighted by Crippen LogP contribution is 2.18. The molecule has 0 saturated heterocycles. The molecule has 0 radical (unpaired) electrons. The molecule has 0 saturated carbocycles. The molecule has 0 spiro atoms. The fourth-order valence-corrected chi connectivity index (χ4v) is 3.16. The van der Waals surface area contributed by atoms with Crippen LogP contribution in [-0.4, -0.2) is 25.1 Å². The van der Waals surface area contributed by atoms with Gasteiger partial charge in [-0.1, -0.05) is 11.2 Å². The van der Waals surface area contributed by atoms with Crippen LogP contribution in [0.5, 0.6) is 0 Å². The molecule has 6 nitrogen and oxygen atoms in total. The molecular formula is C12H15N3O3S. The van der Waals surface area contributed by atoms with E-state index in [0.29, 0.717) is 24.4 Å². The number of hydrogen-bond donors (Lipinski definition) is 1. The third-order valence-corrected chi connectivity index (χ3v) is 4.37. The van der Waals surface area contributed by atoms with Crippen LogP contribution in [0.25, 0.3) is 0 Å². The fraction of sp³-hybridized carbons (Fsp3) is 0.333. The minimum atomic E-state index is -3.58. The summed E-state index contributed by atoms with van der Waals surface area (Å²) in [6.45, 7) is 3.49. The fourth-order valence-electron chi connectivity index (χ4n) is 1.81. The number of hydrogen-bond acceptors (Lipinski definition) is 5. The molecule has 7 heteroatoms. The monoisotopic (exact) mass is 281 g/mol. The predicted molar refractivity (Wildman–Crippen MR) is 69.1 cm³/mol. The first-order valence-electron chi connectivity index (χ1n) is 5.82. The maximum atomic E-state index is 12.1. The third kappa shape index (κ3) is 3.18. The summed E-state index contributed by atoms with van der Waals surface area (Å²) in [5.41, 5.74) is 1.34. The number of nitrogens with zero attached hydrogens (tertiary/aromatic N) is 2. The summed E-state index contributed by atoms with van der Waals surface area (Å²) >= 11 is 0. The number of aryl methyl sites for hydroxylation is 2. The zero-order valence-electron chi connectivity index (χ0n) is 10.8. The Labute approximate surface area is 111 Å². The Bertz CT molecular complexity index is 631. The molecule has 0 amide bonds. The lowest BCUT2D eigenvalue weighted by Gasteiger charge is -2.05. The first-order chi connectivity index (χ1) is 9.00. The molecule has 19 heavy (non-hydrogen) atoms. The van der Waals surface area contributed by atoms with E-state index in [4.69, 9.17) is 4.52 Å². The highest BCUT2D eigenvalue weighted by atomic mass is 32.2. The average Bonchev–Trinajstić information content (AvgIpc) is 2.70. The number of pyridine rings is 1. The van der Waals surface area contributed by atoms with Crippen LogP contribution >= 0.6 is 0 Å². The van der Waals surface area contributed by atoms with Crippen molar-refractivity contribution in [3.05, 3.63) is 41.5 Å². The van der Waals surface area contributed by atoms with Gasteiger partial charge in [0.2, 0.25) is 10.0 Å². The van der Waals surface area contributed by atoms with Crippen molar-refractivity contribution in [1.29, 1.82) is 0 Å². The van der Waals surface area contributed by atoms with E-state index in [1.54, 1.807) is 26.2 Å². The van der Waals surface area contributed by atoms with Gasteiger partial charge in [-0.2, -0.15) is 0 Å². The highest BCUT2D eigenvalue weighted by Gasteiger charge is 2.23. The van der Waals surface area contributed by atoms with Gasteiger partial charge in [-0.05, 0) is 31.9 Å². The van der Waals surface area contributed by atoms with Crippen LogP contribution in [0.2, 0.25) is 0 Å². The van der Waals surface area contributed by atoms with Crippen molar-refractivity contribution < 1.29 is 12.9 Å². The maximum Gasteiger partial charge on any atom is 0.245 e. The summed E-state index contributed by atoms with van der Waals surface area (Å²) in [5, 5.41) is 3.64. The van der Waals surface area contributed by atoms with Crippen LogP contribution in [-0.2, 0) is 16.4 Å². The van der Waals surface area contributed by atoms with Gasteiger partial charge in [0, 0.05) is 18.9 Å². The van der Waals surface area contributed by atoms with Crippen molar-refractivity contribution in [2.75, 3.05) is 6.54 Å². The van der Waals surface area contributed by atoms with E-state index in [2.05, 4.69) is 14.9 Å². The summed E-state index contributed by atoms with van der Waals surface area (Å²) in [6.07, 6.45) is 3.97. The zero-order valence-corrected chi connectivity index (χ0v) is 11.6. The van der Waals surface area contributed by atoms with Crippen LogP contribution in [0.4, 0.5) is 0 Å². The number of sulfonamides is 1. The van der Waals surface area contributed by atoms with Crippen LogP contribution in [0, 0.1) is 13.8 Å². The van der Waals surface area contributed by atoms with E-state index < -0.39 is 10.0 Å². The van der Waals surface area contributed by atoms with Gasteiger partial charge in [0.1, 0.15) is 10.6 Å². The summed E-state index contributed by atoms with van der Waals surface area (Å²) < 4.78 is 31.6. The van der Waals surface area contributed by atoms with Crippen LogP contribution < -0.4 is 4.72 Å². The normalized spacial score (nSPS) is 11.7. The lowest BCUT2D eigenvalue weighted by molar-refractivity contribution is 0.390. The van der Waals surface area contributed by atoms with Gasteiger partial charge in [-0.25, -0.2) is 13.1 Å². The first kappa shape index (κ1) is 13.7. The molecule has 2 aromatic rings. The van der Waals surface area contributed by atoms with Crippen molar-refractivity contribution >= 4 is 10.0 Å². The van der Waals surface area contributed by atoms with Gasteiger partial charge >= 0.3 is 0 Å².